The van der Waals surface area contributed by atoms with Gasteiger partial charge in [-0.25, -0.2) is 0 Å². The highest BCUT2D eigenvalue weighted by molar-refractivity contribution is 9.10. The van der Waals surface area contributed by atoms with Crippen LogP contribution in [0.25, 0.3) is 21.5 Å². The fraction of sp³-hybridized carbons (Fsp3) is 0.588. The normalized spacial score (nSPS) is 12.7. The Morgan fingerprint density at radius 1 is 0.649 bits per heavy atom. The van der Waals surface area contributed by atoms with E-state index in [1.807, 2.05) is 0 Å². The molecule has 0 saturated carbocycles. The number of halogens is 1. The summed E-state index contributed by atoms with van der Waals surface area (Å²) in [4.78, 5) is 2.53. The Morgan fingerprint density at radius 3 is 1.78 bits per heavy atom. The smallest absolute Gasteiger partial charge is 0.0917 e. The SMILES string of the molecule is CCCCCCCCCN(CCCCCCCCC)C[C@H](O)c1ccc2cc(Br)c3ccccc3c2c1. The topological polar surface area (TPSA) is 23.5 Å². The Kier molecular flexibility index (Phi) is 14.0. The second-order valence-corrected chi connectivity index (χ2v) is 11.8. The van der Waals surface area contributed by atoms with Gasteiger partial charge in [0.2, 0.25) is 0 Å². The molecular weight excluding hydrogens is 518 g/mol. The number of unbranched alkanes of at least 4 members (excludes halogenated alkanes) is 12. The largest absolute Gasteiger partial charge is 0.387 e. The summed E-state index contributed by atoms with van der Waals surface area (Å²) in [5, 5.41) is 16.2. The number of aliphatic hydroxyl groups excluding tert-OH is 1. The standard InChI is InChI=1S/C34H50BrNO/c1-3-5-7-9-11-13-17-23-36(24-18-14-12-10-8-6-4-2)27-34(37)29-22-21-28-26-33(35)31-20-16-15-19-30(31)32(28)25-29/h15-16,19-22,25-26,34,37H,3-14,17-18,23-24,27H2,1-2H3/t34-/m0/s1. The number of hydrogen-bond acceptors (Lipinski definition) is 2. The van der Waals surface area contributed by atoms with Crippen LogP contribution in [0.2, 0.25) is 0 Å². The highest BCUT2D eigenvalue weighted by atomic mass is 79.9. The lowest BCUT2D eigenvalue weighted by Crippen LogP contribution is -2.31. The molecule has 0 saturated heterocycles. The van der Waals surface area contributed by atoms with Gasteiger partial charge in [0.25, 0.3) is 0 Å². The summed E-state index contributed by atoms with van der Waals surface area (Å²) in [6.07, 6.45) is 18.2. The van der Waals surface area contributed by atoms with E-state index < -0.39 is 6.10 Å². The van der Waals surface area contributed by atoms with E-state index in [0.717, 1.165) is 29.7 Å². The lowest BCUT2D eigenvalue weighted by molar-refractivity contribution is 0.110. The molecule has 1 atom stereocenters. The van der Waals surface area contributed by atoms with Crippen LogP contribution in [0.4, 0.5) is 0 Å². The molecule has 1 N–H and O–H groups in total. The van der Waals surface area contributed by atoms with E-state index >= 15 is 0 Å². The maximum Gasteiger partial charge on any atom is 0.0917 e. The third-order valence-corrected chi connectivity index (χ3v) is 8.46. The van der Waals surface area contributed by atoms with Crippen LogP contribution in [0.1, 0.15) is 115 Å². The number of hydrogen-bond donors (Lipinski definition) is 1. The van der Waals surface area contributed by atoms with Crippen LogP contribution in [-0.2, 0) is 0 Å². The summed E-state index contributed by atoms with van der Waals surface area (Å²) in [6, 6.07) is 17.2. The molecule has 0 unspecified atom stereocenters. The summed E-state index contributed by atoms with van der Waals surface area (Å²) in [5.41, 5.74) is 1.03. The number of benzene rings is 3. The minimum absolute atomic E-state index is 0.457. The van der Waals surface area contributed by atoms with Crippen LogP contribution >= 0.6 is 15.9 Å². The fourth-order valence-corrected chi connectivity index (χ4v) is 6.10. The Morgan fingerprint density at radius 2 is 1.19 bits per heavy atom. The van der Waals surface area contributed by atoms with Gasteiger partial charge in [0.1, 0.15) is 0 Å². The van der Waals surface area contributed by atoms with Crippen molar-refractivity contribution in [2.75, 3.05) is 19.6 Å². The minimum Gasteiger partial charge on any atom is -0.387 e. The van der Waals surface area contributed by atoms with E-state index in [4.69, 9.17) is 0 Å². The number of rotatable bonds is 19. The molecule has 3 rings (SSSR count). The zero-order valence-corrected chi connectivity index (χ0v) is 25.1. The summed E-state index contributed by atoms with van der Waals surface area (Å²) in [6.45, 7) is 7.49. The lowest BCUT2D eigenvalue weighted by Gasteiger charge is -2.26. The molecule has 0 aliphatic carbocycles. The van der Waals surface area contributed by atoms with Crippen LogP contribution in [0.3, 0.4) is 0 Å². The number of aliphatic hydroxyl groups is 1. The average Bonchev–Trinajstić information content (AvgIpc) is 2.91. The third-order valence-electron chi connectivity index (χ3n) is 7.81. The van der Waals surface area contributed by atoms with Crippen LogP contribution in [0.5, 0.6) is 0 Å². The molecule has 0 amide bonds. The summed E-state index contributed by atoms with van der Waals surface area (Å²) in [7, 11) is 0. The van der Waals surface area contributed by atoms with Crippen LogP contribution < -0.4 is 0 Å². The fourth-order valence-electron chi connectivity index (χ4n) is 5.51. The van der Waals surface area contributed by atoms with Gasteiger partial charge in [-0.1, -0.05) is 143 Å². The van der Waals surface area contributed by atoms with Gasteiger partial charge in [-0.05, 0) is 65.2 Å². The number of fused-ring (bicyclic) bond motifs is 3. The molecule has 204 valence electrons. The van der Waals surface area contributed by atoms with Crippen molar-refractivity contribution in [2.24, 2.45) is 0 Å². The van der Waals surface area contributed by atoms with Crippen molar-refractivity contribution in [1.29, 1.82) is 0 Å². The molecular formula is C34H50BrNO. The molecule has 3 heteroatoms. The van der Waals surface area contributed by atoms with Crippen molar-refractivity contribution < 1.29 is 5.11 Å². The monoisotopic (exact) mass is 567 g/mol. The average molecular weight is 569 g/mol. The molecule has 2 nitrogen and oxygen atoms in total. The quantitative estimate of drug-likeness (QED) is 0.115. The van der Waals surface area contributed by atoms with Gasteiger partial charge in [-0.15, -0.1) is 0 Å². The van der Waals surface area contributed by atoms with Gasteiger partial charge >= 0.3 is 0 Å². The maximum absolute atomic E-state index is 11.3. The van der Waals surface area contributed by atoms with Gasteiger partial charge in [0.15, 0.2) is 0 Å². The first-order valence-electron chi connectivity index (χ1n) is 15.1. The molecule has 0 aliphatic heterocycles. The van der Waals surface area contributed by atoms with Crippen molar-refractivity contribution >= 4 is 37.5 Å². The zero-order chi connectivity index (χ0) is 26.3. The molecule has 0 aliphatic rings. The first-order valence-corrected chi connectivity index (χ1v) is 15.9. The van der Waals surface area contributed by atoms with Crippen molar-refractivity contribution in [1.82, 2.24) is 4.90 Å². The third kappa shape index (κ3) is 10.0. The predicted octanol–water partition coefficient (Wildman–Crippen LogP) is 10.6. The Balaban J connectivity index is 1.61. The molecule has 0 heterocycles. The summed E-state index contributed by atoms with van der Waals surface area (Å²) >= 11 is 3.74. The lowest BCUT2D eigenvalue weighted by atomic mass is 9.98. The minimum atomic E-state index is -0.457. The summed E-state index contributed by atoms with van der Waals surface area (Å²) < 4.78 is 1.12. The molecule has 0 aromatic heterocycles. The van der Waals surface area contributed by atoms with Crippen LogP contribution in [0, 0.1) is 0 Å². The van der Waals surface area contributed by atoms with Gasteiger partial charge in [-0.3, -0.25) is 0 Å². The first-order chi connectivity index (χ1) is 18.1. The van der Waals surface area contributed by atoms with E-state index in [1.165, 1.54) is 111 Å². The second kappa shape index (κ2) is 17.2. The number of nitrogens with zero attached hydrogens (tertiary/aromatic N) is 1. The maximum atomic E-state index is 11.3. The van der Waals surface area contributed by atoms with E-state index in [2.05, 4.69) is 83.2 Å². The Bertz CT molecular complexity index is 1030. The summed E-state index contributed by atoms with van der Waals surface area (Å²) in [5.74, 6) is 0. The second-order valence-electron chi connectivity index (χ2n) is 10.9. The van der Waals surface area contributed by atoms with Gasteiger partial charge in [0, 0.05) is 11.0 Å². The van der Waals surface area contributed by atoms with Crippen molar-refractivity contribution in [3.63, 3.8) is 0 Å². The van der Waals surface area contributed by atoms with Crippen LogP contribution in [0.15, 0.2) is 53.0 Å². The molecule has 0 radical (unpaired) electrons. The van der Waals surface area contributed by atoms with Crippen molar-refractivity contribution in [3.05, 3.63) is 58.6 Å². The molecule has 0 spiro atoms. The van der Waals surface area contributed by atoms with Gasteiger partial charge in [0.05, 0.1) is 6.10 Å². The molecule has 0 bridgehead atoms. The van der Waals surface area contributed by atoms with Crippen LogP contribution in [-0.4, -0.2) is 29.6 Å². The van der Waals surface area contributed by atoms with E-state index in [0.29, 0.717) is 0 Å². The Hall–Kier alpha value is -1.42. The van der Waals surface area contributed by atoms with Crippen molar-refractivity contribution in [2.45, 2.75) is 110 Å². The predicted molar refractivity (Wildman–Crippen MR) is 167 cm³/mol. The van der Waals surface area contributed by atoms with E-state index in [-0.39, 0.29) is 0 Å². The molecule has 3 aromatic carbocycles. The highest BCUT2D eigenvalue weighted by Gasteiger charge is 2.15. The molecule has 37 heavy (non-hydrogen) atoms. The first kappa shape index (κ1) is 30.1. The Labute approximate surface area is 235 Å². The van der Waals surface area contributed by atoms with Gasteiger partial charge < -0.3 is 10.0 Å². The van der Waals surface area contributed by atoms with E-state index in [9.17, 15) is 5.11 Å². The van der Waals surface area contributed by atoms with Gasteiger partial charge in [-0.2, -0.15) is 0 Å². The van der Waals surface area contributed by atoms with E-state index in [1.54, 1.807) is 0 Å². The zero-order valence-electron chi connectivity index (χ0n) is 23.5. The molecule has 3 aromatic rings. The highest BCUT2D eigenvalue weighted by Crippen LogP contribution is 2.33. The molecule has 0 fully saturated rings. The van der Waals surface area contributed by atoms with Crippen molar-refractivity contribution in [3.8, 4) is 0 Å².